The minimum atomic E-state index is 0.0136. The third kappa shape index (κ3) is 4.12. The lowest BCUT2D eigenvalue weighted by Gasteiger charge is -2.41. The van der Waals surface area contributed by atoms with Gasteiger partial charge in [0.25, 0.3) is 0 Å². The number of carbonyl (C=O) groups is 1. The number of anilines is 2. The number of carbonyl (C=O) groups excluding carboxylic acids is 1. The number of amides is 1. The van der Waals surface area contributed by atoms with Crippen molar-refractivity contribution in [3.63, 3.8) is 0 Å². The SMILES string of the molecule is CC1CCN(c2ccc(CNC(=O)C3CN(c4ncccn4)CC34CCC4)cc2)CC1. The molecular weight excluding hydrogens is 386 g/mol. The van der Waals surface area contributed by atoms with E-state index in [2.05, 4.69) is 56.3 Å². The van der Waals surface area contributed by atoms with Gasteiger partial charge >= 0.3 is 0 Å². The number of hydrogen-bond donors (Lipinski definition) is 1. The number of piperidine rings is 1. The Kier molecular flexibility index (Phi) is 5.55. The van der Waals surface area contributed by atoms with Gasteiger partial charge in [-0.25, -0.2) is 9.97 Å². The van der Waals surface area contributed by atoms with Crippen LogP contribution >= 0.6 is 0 Å². The molecule has 2 aromatic rings. The van der Waals surface area contributed by atoms with Crippen molar-refractivity contribution in [2.75, 3.05) is 36.0 Å². The molecule has 2 aliphatic heterocycles. The molecule has 0 radical (unpaired) electrons. The number of nitrogens with zero attached hydrogens (tertiary/aromatic N) is 4. The van der Waals surface area contributed by atoms with Crippen LogP contribution in [0.25, 0.3) is 0 Å². The molecule has 164 valence electrons. The standard InChI is InChI=1S/C25H33N5O/c1-19-8-14-29(15-9-19)21-6-4-20(5-7-21)16-28-23(31)22-17-30(18-25(22)10-2-11-25)24-26-12-3-13-27-24/h3-7,12-13,19,22H,2,8-11,14-18H2,1H3,(H,28,31). The second kappa shape index (κ2) is 8.48. The predicted octanol–water partition coefficient (Wildman–Crippen LogP) is 3.64. The van der Waals surface area contributed by atoms with Crippen LogP contribution in [0.15, 0.2) is 42.7 Å². The van der Waals surface area contributed by atoms with E-state index >= 15 is 0 Å². The molecule has 3 aliphatic rings. The summed E-state index contributed by atoms with van der Waals surface area (Å²) in [5.74, 6) is 1.77. The molecule has 1 unspecified atom stereocenters. The van der Waals surface area contributed by atoms with Gasteiger partial charge in [0, 0.05) is 56.2 Å². The number of aromatic nitrogens is 2. The maximum Gasteiger partial charge on any atom is 0.225 e. The number of nitrogens with one attached hydrogen (secondary N) is 1. The molecule has 3 fully saturated rings. The molecule has 2 saturated heterocycles. The Morgan fingerprint density at radius 2 is 1.81 bits per heavy atom. The van der Waals surface area contributed by atoms with Gasteiger partial charge in [-0.1, -0.05) is 25.5 Å². The topological polar surface area (TPSA) is 61.4 Å². The van der Waals surface area contributed by atoms with Crippen LogP contribution in [0.3, 0.4) is 0 Å². The molecule has 1 aromatic heterocycles. The Morgan fingerprint density at radius 1 is 1.10 bits per heavy atom. The second-order valence-electron chi connectivity index (χ2n) is 9.75. The first kappa shape index (κ1) is 20.3. The molecular formula is C25H33N5O. The van der Waals surface area contributed by atoms with E-state index in [0.717, 1.165) is 49.9 Å². The summed E-state index contributed by atoms with van der Waals surface area (Å²) in [5.41, 5.74) is 2.55. The summed E-state index contributed by atoms with van der Waals surface area (Å²) in [6.45, 7) is 6.81. The molecule has 3 heterocycles. The van der Waals surface area contributed by atoms with E-state index in [1.807, 2.05) is 6.07 Å². The first-order chi connectivity index (χ1) is 15.1. The molecule has 0 bridgehead atoms. The van der Waals surface area contributed by atoms with Gasteiger partial charge in [-0.15, -0.1) is 0 Å². The van der Waals surface area contributed by atoms with Crippen molar-refractivity contribution in [2.45, 2.75) is 45.6 Å². The Bertz CT molecular complexity index is 888. The van der Waals surface area contributed by atoms with Crippen LogP contribution in [0.5, 0.6) is 0 Å². The summed E-state index contributed by atoms with van der Waals surface area (Å²) in [6, 6.07) is 10.6. The lowest BCUT2D eigenvalue weighted by atomic mass is 9.62. The third-order valence-electron chi connectivity index (χ3n) is 7.70. The highest BCUT2D eigenvalue weighted by molar-refractivity contribution is 5.81. The van der Waals surface area contributed by atoms with Crippen LogP contribution in [-0.2, 0) is 11.3 Å². The fourth-order valence-corrected chi connectivity index (χ4v) is 5.48. The summed E-state index contributed by atoms with van der Waals surface area (Å²) in [4.78, 5) is 26.6. The van der Waals surface area contributed by atoms with Gasteiger partial charge in [0.2, 0.25) is 11.9 Å². The van der Waals surface area contributed by atoms with Gasteiger partial charge in [0.05, 0.1) is 5.92 Å². The molecule has 31 heavy (non-hydrogen) atoms. The van der Waals surface area contributed by atoms with E-state index in [1.165, 1.54) is 24.9 Å². The van der Waals surface area contributed by atoms with E-state index in [4.69, 9.17) is 0 Å². The van der Waals surface area contributed by atoms with Crippen molar-refractivity contribution in [3.8, 4) is 0 Å². The smallest absolute Gasteiger partial charge is 0.225 e. The Balaban J connectivity index is 1.19. The van der Waals surface area contributed by atoms with E-state index in [1.54, 1.807) is 12.4 Å². The molecule has 1 aliphatic carbocycles. The summed E-state index contributed by atoms with van der Waals surface area (Å²) in [7, 11) is 0. The van der Waals surface area contributed by atoms with Crippen molar-refractivity contribution >= 4 is 17.5 Å². The van der Waals surface area contributed by atoms with Gasteiger partial charge < -0.3 is 15.1 Å². The van der Waals surface area contributed by atoms with Gasteiger partial charge in [0.1, 0.15) is 0 Å². The van der Waals surface area contributed by atoms with E-state index in [0.29, 0.717) is 13.1 Å². The fourth-order valence-electron chi connectivity index (χ4n) is 5.48. The highest BCUT2D eigenvalue weighted by atomic mass is 16.2. The Hall–Kier alpha value is -2.63. The minimum Gasteiger partial charge on any atom is -0.372 e. The molecule has 1 atom stereocenters. The van der Waals surface area contributed by atoms with Crippen molar-refractivity contribution < 1.29 is 4.79 Å². The maximum atomic E-state index is 13.2. The predicted molar refractivity (Wildman–Crippen MR) is 123 cm³/mol. The molecule has 1 N–H and O–H groups in total. The summed E-state index contributed by atoms with van der Waals surface area (Å²) in [5, 5.41) is 3.22. The van der Waals surface area contributed by atoms with Crippen molar-refractivity contribution in [2.24, 2.45) is 17.3 Å². The van der Waals surface area contributed by atoms with Crippen LogP contribution in [0.1, 0.15) is 44.6 Å². The lowest BCUT2D eigenvalue weighted by Crippen LogP contribution is -2.45. The number of hydrogen-bond acceptors (Lipinski definition) is 5. The van der Waals surface area contributed by atoms with E-state index in [9.17, 15) is 4.79 Å². The Labute approximate surface area is 185 Å². The van der Waals surface area contributed by atoms with Crippen LogP contribution in [0, 0.1) is 17.3 Å². The average molecular weight is 420 g/mol. The van der Waals surface area contributed by atoms with Crippen LogP contribution in [0.2, 0.25) is 0 Å². The first-order valence-corrected chi connectivity index (χ1v) is 11.8. The van der Waals surface area contributed by atoms with Gasteiger partial charge in [-0.3, -0.25) is 4.79 Å². The quantitative estimate of drug-likeness (QED) is 0.802. The Morgan fingerprint density at radius 3 is 2.45 bits per heavy atom. The summed E-state index contributed by atoms with van der Waals surface area (Å²) >= 11 is 0. The van der Waals surface area contributed by atoms with Crippen LogP contribution in [0.4, 0.5) is 11.6 Å². The summed E-state index contributed by atoms with van der Waals surface area (Å²) in [6.07, 6.45) is 9.55. The normalized spacial score (nSPS) is 23.1. The average Bonchev–Trinajstić information content (AvgIpc) is 3.21. The largest absolute Gasteiger partial charge is 0.372 e. The molecule has 1 amide bonds. The zero-order chi connectivity index (χ0) is 21.3. The first-order valence-electron chi connectivity index (χ1n) is 11.8. The molecule has 6 nitrogen and oxygen atoms in total. The highest BCUT2D eigenvalue weighted by Crippen LogP contribution is 2.52. The van der Waals surface area contributed by atoms with Crippen molar-refractivity contribution in [1.29, 1.82) is 0 Å². The highest BCUT2D eigenvalue weighted by Gasteiger charge is 2.53. The molecule has 1 spiro atoms. The van der Waals surface area contributed by atoms with Crippen molar-refractivity contribution in [3.05, 3.63) is 48.3 Å². The van der Waals surface area contributed by atoms with Gasteiger partial charge in [-0.05, 0) is 55.4 Å². The van der Waals surface area contributed by atoms with E-state index < -0.39 is 0 Å². The molecule has 1 aromatic carbocycles. The molecule has 1 saturated carbocycles. The van der Waals surface area contributed by atoms with Crippen LogP contribution in [-0.4, -0.2) is 42.1 Å². The zero-order valence-corrected chi connectivity index (χ0v) is 18.5. The molecule has 6 heteroatoms. The zero-order valence-electron chi connectivity index (χ0n) is 18.5. The van der Waals surface area contributed by atoms with E-state index in [-0.39, 0.29) is 17.2 Å². The summed E-state index contributed by atoms with van der Waals surface area (Å²) < 4.78 is 0. The lowest BCUT2D eigenvalue weighted by molar-refractivity contribution is -0.129. The van der Waals surface area contributed by atoms with Gasteiger partial charge in [0.15, 0.2) is 0 Å². The van der Waals surface area contributed by atoms with Crippen molar-refractivity contribution in [1.82, 2.24) is 15.3 Å². The van der Waals surface area contributed by atoms with Gasteiger partial charge in [-0.2, -0.15) is 0 Å². The molecule has 5 rings (SSSR count). The monoisotopic (exact) mass is 419 g/mol. The fraction of sp³-hybridized carbons (Fsp3) is 0.560. The number of benzene rings is 1. The number of rotatable bonds is 5. The second-order valence-corrected chi connectivity index (χ2v) is 9.75. The van der Waals surface area contributed by atoms with Crippen LogP contribution < -0.4 is 15.1 Å². The maximum absolute atomic E-state index is 13.2. The third-order valence-corrected chi connectivity index (χ3v) is 7.70. The minimum absolute atomic E-state index is 0.0136.